The Bertz CT molecular complexity index is 960. The Labute approximate surface area is 135 Å². The largest absolute Gasteiger partial charge is 0.364 e. The molecule has 0 fully saturated rings. The maximum atomic E-state index is 12.5. The topological polar surface area (TPSA) is 62.0 Å². The van der Waals surface area contributed by atoms with Crippen molar-refractivity contribution in [3.05, 3.63) is 77.6 Å². The highest BCUT2D eigenvalue weighted by molar-refractivity contribution is 7.89. The highest BCUT2D eigenvalue weighted by Gasteiger charge is 2.21. The molecule has 1 aromatic heterocycles. The average molecular weight is 324 g/mol. The summed E-state index contributed by atoms with van der Waals surface area (Å²) in [5, 5.41) is 0. The van der Waals surface area contributed by atoms with Gasteiger partial charge >= 0.3 is 0 Å². The number of aromatic amines is 1. The van der Waals surface area contributed by atoms with Crippen molar-refractivity contribution in [3.63, 3.8) is 0 Å². The summed E-state index contributed by atoms with van der Waals surface area (Å²) in [5.41, 5.74) is 5.47. The van der Waals surface area contributed by atoms with Gasteiger partial charge in [0, 0.05) is 11.9 Å². The minimum Gasteiger partial charge on any atom is -0.364 e. The summed E-state index contributed by atoms with van der Waals surface area (Å²) in [5.74, 6) is 0. The van der Waals surface area contributed by atoms with Crippen LogP contribution in [0.3, 0.4) is 0 Å². The first-order valence-electron chi connectivity index (χ1n) is 7.47. The first kappa shape index (κ1) is 14.2. The quantitative estimate of drug-likeness (QED) is 0.606. The van der Waals surface area contributed by atoms with E-state index in [9.17, 15) is 8.42 Å². The van der Waals surface area contributed by atoms with Gasteiger partial charge in [-0.15, -0.1) is 0 Å². The maximum Gasteiger partial charge on any atom is 0.240 e. The summed E-state index contributed by atoms with van der Waals surface area (Å²) in [6.45, 7) is 0.257. The Morgan fingerprint density at radius 3 is 2.61 bits per heavy atom. The summed E-state index contributed by atoms with van der Waals surface area (Å²) in [4.78, 5) is 3.30. The molecule has 1 aliphatic carbocycles. The van der Waals surface area contributed by atoms with Crippen LogP contribution in [0.5, 0.6) is 0 Å². The number of rotatable bonds is 4. The van der Waals surface area contributed by atoms with E-state index in [-0.39, 0.29) is 6.54 Å². The van der Waals surface area contributed by atoms with Crippen LogP contribution >= 0.6 is 0 Å². The lowest BCUT2D eigenvalue weighted by Gasteiger charge is -2.08. The molecule has 116 valence electrons. The Balaban J connectivity index is 1.62. The van der Waals surface area contributed by atoms with Gasteiger partial charge in [0.05, 0.1) is 11.4 Å². The SMILES string of the molecule is O=S(=O)(NCc1ccc[nH]1)c1ccc2c(c1)Cc1ccccc1-2. The number of benzene rings is 2. The van der Waals surface area contributed by atoms with E-state index in [2.05, 4.69) is 21.8 Å². The van der Waals surface area contributed by atoms with E-state index in [0.717, 1.165) is 23.2 Å². The second-order valence-corrected chi connectivity index (χ2v) is 7.44. The lowest BCUT2D eigenvalue weighted by atomic mass is 10.1. The van der Waals surface area contributed by atoms with Gasteiger partial charge in [0.25, 0.3) is 0 Å². The first-order chi connectivity index (χ1) is 11.1. The van der Waals surface area contributed by atoms with E-state index >= 15 is 0 Å². The second-order valence-electron chi connectivity index (χ2n) is 5.67. The van der Waals surface area contributed by atoms with Gasteiger partial charge in [-0.25, -0.2) is 13.1 Å². The molecule has 3 aromatic rings. The molecule has 23 heavy (non-hydrogen) atoms. The van der Waals surface area contributed by atoms with Crippen LogP contribution in [-0.4, -0.2) is 13.4 Å². The summed E-state index contributed by atoms with van der Waals surface area (Å²) in [6.07, 6.45) is 2.56. The molecule has 1 heterocycles. The minimum atomic E-state index is -3.52. The molecule has 5 heteroatoms. The summed E-state index contributed by atoms with van der Waals surface area (Å²) in [6, 6.07) is 17.3. The predicted octanol–water partition coefficient (Wildman–Crippen LogP) is 3.06. The molecule has 0 aliphatic heterocycles. The molecule has 2 N–H and O–H groups in total. The molecule has 0 atom stereocenters. The normalized spacial score (nSPS) is 12.9. The molecular formula is C18H16N2O2S. The monoisotopic (exact) mass is 324 g/mol. The number of hydrogen-bond donors (Lipinski definition) is 2. The van der Waals surface area contributed by atoms with Crippen LogP contribution in [0.4, 0.5) is 0 Å². The smallest absolute Gasteiger partial charge is 0.240 e. The van der Waals surface area contributed by atoms with Gasteiger partial charge in [-0.2, -0.15) is 0 Å². The molecule has 2 aromatic carbocycles. The fourth-order valence-electron chi connectivity index (χ4n) is 3.02. The molecular weight excluding hydrogens is 308 g/mol. The molecule has 4 rings (SSSR count). The highest BCUT2D eigenvalue weighted by atomic mass is 32.2. The predicted molar refractivity (Wildman–Crippen MR) is 89.5 cm³/mol. The number of fused-ring (bicyclic) bond motifs is 3. The zero-order valence-corrected chi connectivity index (χ0v) is 13.2. The molecule has 1 aliphatic rings. The van der Waals surface area contributed by atoms with E-state index in [1.54, 1.807) is 18.3 Å². The van der Waals surface area contributed by atoms with Crippen molar-refractivity contribution in [2.75, 3.05) is 0 Å². The van der Waals surface area contributed by atoms with Crippen molar-refractivity contribution < 1.29 is 8.42 Å². The number of H-pyrrole nitrogens is 1. The number of nitrogens with one attached hydrogen (secondary N) is 2. The zero-order valence-electron chi connectivity index (χ0n) is 12.4. The van der Waals surface area contributed by atoms with Gasteiger partial charge in [0.15, 0.2) is 0 Å². The van der Waals surface area contributed by atoms with Crippen molar-refractivity contribution in [2.45, 2.75) is 17.9 Å². The van der Waals surface area contributed by atoms with E-state index in [1.165, 1.54) is 11.1 Å². The lowest BCUT2D eigenvalue weighted by molar-refractivity contribution is 0.580. The Hall–Kier alpha value is -2.37. The van der Waals surface area contributed by atoms with Crippen molar-refractivity contribution in [2.24, 2.45) is 0 Å². The Morgan fingerprint density at radius 1 is 0.957 bits per heavy atom. The molecule has 0 saturated heterocycles. The highest BCUT2D eigenvalue weighted by Crippen LogP contribution is 2.37. The maximum absolute atomic E-state index is 12.5. The number of sulfonamides is 1. The molecule has 0 radical (unpaired) electrons. The van der Waals surface area contributed by atoms with Crippen LogP contribution in [0.15, 0.2) is 65.7 Å². The molecule has 0 saturated carbocycles. The fourth-order valence-corrected chi connectivity index (χ4v) is 4.08. The summed E-state index contributed by atoms with van der Waals surface area (Å²) < 4.78 is 27.6. The van der Waals surface area contributed by atoms with Crippen molar-refractivity contribution in [3.8, 4) is 11.1 Å². The fraction of sp³-hybridized carbons (Fsp3) is 0.111. The summed E-state index contributed by atoms with van der Waals surface area (Å²) >= 11 is 0. The first-order valence-corrected chi connectivity index (χ1v) is 8.95. The molecule has 0 amide bonds. The van der Waals surface area contributed by atoms with E-state index in [4.69, 9.17) is 0 Å². The summed E-state index contributed by atoms with van der Waals surface area (Å²) in [7, 11) is -3.52. The van der Waals surface area contributed by atoms with Crippen LogP contribution in [-0.2, 0) is 23.0 Å². The minimum absolute atomic E-state index is 0.257. The third-order valence-corrected chi connectivity index (χ3v) is 5.59. The van der Waals surface area contributed by atoms with Gasteiger partial charge in [-0.1, -0.05) is 30.3 Å². The van der Waals surface area contributed by atoms with Gasteiger partial charge in [-0.3, -0.25) is 0 Å². The van der Waals surface area contributed by atoms with Crippen LogP contribution < -0.4 is 4.72 Å². The molecule has 0 bridgehead atoms. The third kappa shape index (κ3) is 2.58. The van der Waals surface area contributed by atoms with Crippen LogP contribution in [0.2, 0.25) is 0 Å². The standard InChI is InChI=1S/C18H16N2O2S/c21-23(22,20-12-15-5-3-9-19-15)16-7-8-18-14(11-16)10-13-4-1-2-6-17(13)18/h1-9,11,19-20H,10,12H2. The zero-order chi connectivity index (χ0) is 15.9. The van der Waals surface area contributed by atoms with Crippen molar-refractivity contribution >= 4 is 10.0 Å². The number of hydrogen-bond acceptors (Lipinski definition) is 2. The van der Waals surface area contributed by atoms with Crippen molar-refractivity contribution in [1.29, 1.82) is 0 Å². The molecule has 0 spiro atoms. The molecule has 0 unspecified atom stereocenters. The Morgan fingerprint density at radius 2 is 1.78 bits per heavy atom. The Kier molecular flexibility index (Phi) is 3.32. The van der Waals surface area contributed by atoms with E-state index in [1.807, 2.05) is 30.3 Å². The average Bonchev–Trinajstić information content (AvgIpc) is 3.19. The van der Waals surface area contributed by atoms with E-state index < -0.39 is 10.0 Å². The van der Waals surface area contributed by atoms with Crippen LogP contribution in [0.1, 0.15) is 16.8 Å². The second kappa shape index (κ2) is 5.37. The van der Waals surface area contributed by atoms with Gasteiger partial charge in [0.2, 0.25) is 10.0 Å². The van der Waals surface area contributed by atoms with Gasteiger partial charge < -0.3 is 4.98 Å². The van der Waals surface area contributed by atoms with Crippen LogP contribution in [0, 0.1) is 0 Å². The van der Waals surface area contributed by atoms with Crippen molar-refractivity contribution in [1.82, 2.24) is 9.71 Å². The van der Waals surface area contributed by atoms with Gasteiger partial charge in [-0.05, 0) is 52.9 Å². The third-order valence-electron chi connectivity index (χ3n) is 4.19. The number of aromatic nitrogens is 1. The lowest BCUT2D eigenvalue weighted by Crippen LogP contribution is -2.23. The van der Waals surface area contributed by atoms with Crippen LogP contribution in [0.25, 0.3) is 11.1 Å². The molecule has 4 nitrogen and oxygen atoms in total. The van der Waals surface area contributed by atoms with Gasteiger partial charge in [0.1, 0.15) is 0 Å². The van der Waals surface area contributed by atoms with E-state index in [0.29, 0.717) is 4.90 Å².